The molecular formula is C19H20N4O3S. The third-order valence-electron chi connectivity index (χ3n) is 4.49. The summed E-state index contributed by atoms with van der Waals surface area (Å²) in [5.74, 6) is 0.295. The third-order valence-corrected chi connectivity index (χ3v) is 5.50. The van der Waals surface area contributed by atoms with Crippen LogP contribution >= 0.6 is 11.3 Å². The number of carbonyl (C=O) groups is 1. The van der Waals surface area contributed by atoms with Gasteiger partial charge in [0.1, 0.15) is 11.7 Å². The van der Waals surface area contributed by atoms with Crippen molar-refractivity contribution in [1.82, 2.24) is 20.3 Å². The molecule has 4 rings (SSSR count). The van der Waals surface area contributed by atoms with E-state index < -0.39 is 6.04 Å². The molecule has 3 heterocycles. The summed E-state index contributed by atoms with van der Waals surface area (Å²) in [7, 11) is 0. The first-order valence-corrected chi connectivity index (χ1v) is 9.69. The highest BCUT2D eigenvalue weighted by Crippen LogP contribution is 2.34. The number of thiophene rings is 1. The van der Waals surface area contributed by atoms with Gasteiger partial charge in [0.25, 0.3) is 5.56 Å². The summed E-state index contributed by atoms with van der Waals surface area (Å²) in [4.78, 5) is 27.2. The van der Waals surface area contributed by atoms with Crippen molar-refractivity contribution in [2.24, 2.45) is 0 Å². The zero-order valence-electron chi connectivity index (χ0n) is 15.4. The maximum Gasteiger partial charge on any atom is 0.268 e. The van der Waals surface area contributed by atoms with E-state index in [-0.39, 0.29) is 17.5 Å². The molecule has 3 aromatic rings. The quantitative estimate of drug-likeness (QED) is 0.730. The second-order valence-corrected chi connectivity index (χ2v) is 8.18. The fraction of sp³-hybridized carbons (Fsp3) is 0.368. The minimum Gasteiger partial charge on any atom is -0.356 e. The van der Waals surface area contributed by atoms with Gasteiger partial charge in [-0.2, -0.15) is 5.10 Å². The molecule has 0 unspecified atom stereocenters. The van der Waals surface area contributed by atoms with Crippen molar-refractivity contribution < 1.29 is 9.32 Å². The van der Waals surface area contributed by atoms with E-state index in [0.29, 0.717) is 17.0 Å². The molecule has 1 aliphatic carbocycles. The monoisotopic (exact) mass is 384 g/mol. The van der Waals surface area contributed by atoms with Crippen LogP contribution < -0.4 is 10.9 Å². The Hall–Kier alpha value is -2.74. The highest BCUT2D eigenvalue weighted by atomic mass is 32.1. The lowest BCUT2D eigenvalue weighted by Gasteiger charge is -2.15. The van der Waals surface area contributed by atoms with Crippen molar-refractivity contribution in [2.75, 3.05) is 0 Å². The van der Waals surface area contributed by atoms with Crippen molar-refractivity contribution in [3.63, 3.8) is 0 Å². The fourth-order valence-corrected chi connectivity index (χ4v) is 3.70. The summed E-state index contributed by atoms with van der Waals surface area (Å²) in [6.45, 7) is 5.52. The summed E-state index contributed by atoms with van der Waals surface area (Å²) >= 11 is 1.57. The van der Waals surface area contributed by atoms with E-state index in [4.69, 9.17) is 4.52 Å². The smallest absolute Gasteiger partial charge is 0.268 e. The third kappa shape index (κ3) is 3.57. The van der Waals surface area contributed by atoms with Gasteiger partial charge in [0.2, 0.25) is 5.91 Å². The molecule has 0 aromatic carbocycles. The van der Waals surface area contributed by atoms with E-state index in [1.165, 1.54) is 10.7 Å². The predicted molar refractivity (Wildman–Crippen MR) is 103 cm³/mol. The molecular weight excluding hydrogens is 364 g/mol. The fourth-order valence-electron chi connectivity index (χ4n) is 2.83. The average Bonchev–Trinajstić information content (AvgIpc) is 3.17. The van der Waals surface area contributed by atoms with Gasteiger partial charge in [0.05, 0.1) is 16.1 Å². The Labute approximate surface area is 160 Å². The minimum absolute atomic E-state index is 0.191. The Morgan fingerprint density at radius 3 is 2.70 bits per heavy atom. The van der Waals surface area contributed by atoms with Gasteiger partial charge in [-0.25, -0.2) is 4.68 Å². The van der Waals surface area contributed by atoms with Gasteiger partial charge in [-0.1, -0.05) is 5.16 Å². The van der Waals surface area contributed by atoms with Crippen LogP contribution in [0.25, 0.3) is 21.9 Å². The molecule has 3 aromatic heterocycles. The number of carbonyl (C=O) groups excluding carboxylic acids is 1. The van der Waals surface area contributed by atoms with Crippen LogP contribution in [0.3, 0.4) is 0 Å². The second kappa shape index (κ2) is 6.77. The molecule has 1 N–H and O–H groups in total. The molecule has 0 spiro atoms. The van der Waals surface area contributed by atoms with Crippen LogP contribution in [-0.2, 0) is 4.79 Å². The SMILES string of the molecule is Cc1cc(-c2cc(=O)n([C@H](C)C(=O)NC3CC3)nc2-c2ccc(C)s2)on1. The van der Waals surface area contributed by atoms with Gasteiger partial charge in [0.15, 0.2) is 5.76 Å². The van der Waals surface area contributed by atoms with E-state index in [9.17, 15) is 9.59 Å². The highest BCUT2D eigenvalue weighted by molar-refractivity contribution is 7.15. The van der Waals surface area contributed by atoms with Crippen LogP contribution in [-0.4, -0.2) is 26.9 Å². The molecule has 7 nitrogen and oxygen atoms in total. The van der Waals surface area contributed by atoms with Gasteiger partial charge in [0, 0.05) is 23.1 Å². The molecule has 27 heavy (non-hydrogen) atoms. The molecule has 1 atom stereocenters. The zero-order chi connectivity index (χ0) is 19.1. The number of hydrogen-bond acceptors (Lipinski definition) is 6. The van der Waals surface area contributed by atoms with E-state index in [1.807, 2.05) is 26.0 Å². The topological polar surface area (TPSA) is 90.0 Å². The molecule has 0 aliphatic heterocycles. The Kier molecular flexibility index (Phi) is 4.43. The number of nitrogens with one attached hydrogen (secondary N) is 1. The molecule has 8 heteroatoms. The second-order valence-electron chi connectivity index (χ2n) is 6.89. The van der Waals surface area contributed by atoms with Gasteiger partial charge >= 0.3 is 0 Å². The lowest BCUT2D eigenvalue weighted by Crippen LogP contribution is -2.38. The molecule has 0 saturated heterocycles. The zero-order valence-corrected chi connectivity index (χ0v) is 16.2. The molecule has 1 saturated carbocycles. The molecule has 0 bridgehead atoms. The van der Waals surface area contributed by atoms with Crippen molar-refractivity contribution in [3.8, 4) is 21.9 Å². The van der Waals surface area contributed by atoms with Crippen molar-refractivity contribution in [2.45, 2.75) is 45.7 Å². The van der Waals surface area contributed by atoms with Crippen LogP contribution in [0.4, 0.5) is 0 Å². The summed E-state index contributed by atoms with van der Waals surface area (Å²) in [6, 6.07) is 6.73. The standard InChI is InChI=1S/C19H20N4O3S/c1-10-8-15(26-22-10)14-9-17(24)23(12(3)19(25)20-13-5-6-13)21-18(14)16-7-4-11(2)27-16/h4,7-9,12-13H,5-6H2,1-3H3,(H,20,25)/t12-/m1/s1. The lowest BCUT2D eigenvalue weighted by atomic mass is 10.1. The highest BCUT2D eigenvalue weighted by Gasteiger charge is 2.28. The normalized spacial score (nSPS) is 14.9. The predicted octanol–water partition coefficient (Wildman–Crippen LogP) is 3.08. The first-order chi connectivity index (χ1) is 12.9. The number of rotatable bonds is 5. The maximum absolute atomic E-state index is 12.7. The summed E-state index contributed by atoms with van der Waals surface area (Å²) < 4.78 is 6.62. The van der Waals surface area contributed by atoms with Gasteiger partial charge in [-0.15, -0.1) is 11.3 Å². The Morgan fingerprint density at radius 2 is 2.11 bits per heavy atom. The van der Waals surface area contributed by atoms with Crippen LogP contribution in [0.5, 0.6) is 0 Å². The Morgan fingerprint density at radius 1 is 1.33 bits per heavy atom. The van der Waals surface area contributed by atoms with Crippen LogP contribution in [0, 0.1) is 13.8 Å². The molecule has 140 valence electrons. The number of nitrogens with zero attached hydrogens (tertiary/aromatic N) is 3. The number of aromatic nitrogens is 3. The minimum atomic E-state index is -0.691. The van der Waals surface area contributed by atoms with Crippen molar-refractivity contribution in [1.29, 1.82) is 0 Å². The molecule has 1 amide bonds. The van der Waals surface area contributed by atoms with Gasteiger partial charge in [-0.3, -0.25) is 9.59 Å². The number of hydrogen-bond donors (Lipinski definition) is 1. The average molecular weight is 384 g/mol. The van der Waals surface area contributed by atoms with E-state index in [1.54, 1.807) is 24.3 Å². The van der Waals surface area contributed by atoms with Gasteiger partial charge in [-0.05, 0) is 45.7 Å². The summed E-state index contributed by atoms with van der Waals surface area (Å²) in [6.07, 6.45) is 1.98. The number of aryl methyl sites for hydroxylation is 2. The lowest BCUT2D eigenvalue weighted by molar-refractivity contribution is -0.124. The first kappa shape index (κ1) is 17.7. The van der Waals surface area contributed by atoms with Crippen LogP contribution in [0.15, 0.2) is 33.6 Å². The van der Waals surface area contributed by atoms with E-state index >= 15 is 0 Å². The summed E-state index contributed by atoms with van der Waals surface area (Å²) in [5.41, 5.74) is 1.55. The first-order valence-electron chi connectivity index (χ1n) is 8.87. The number of amides is 1. The van der Waals surface area contributed by atoms with E-state index in [0.717, 1.165) is 28.3 Å². The molecule has 1 fully saturated rings. The summed E-state index contributed by atoms with van der Waals surface area (Å²) in [5, 5.41) is 11.4. The largest absolute Gasteiger partial charge is 0.356 e. The van der Waals surface area contributed by atoms with Gasteiger partial charge < -0.3 is 9.84 Å². The molecule has 0 radical (unpaired) electrons. The van der Waals surface area contributed by atoms with Crippen molar-refractivity contribution in [3.05, 3.63) is 45.2 Å². The van der Waals surface area contributed by atoms with Crippen LogP contribution in [0.2, 0.25) is 0 Å². The maximum atomic E-state index is 12.7. The van der Waals surface area contributed by atoms with Crippen LogP contribution in [0.1, 0.15) is 36.4 Å². The Bertz CT molecular complexity index is 1060. The van der Waals surface area contributed by atoms with Crippen molar-refractivity contribution >= 4 is 17.2 Å². The van der Waals surface area contributed by atoms with E-state index in [2.05, 4.69) is 15.6 Å². The molecule has 1 aliphatic rings. The Balaban J connectivity index is 1.82.